The molecule has 0 spiro atoms. The molecule has 16 heavy (non-hydrogen) atoms. The number of halogens is 2. The minimum Gasteiger partial charge on any atom is -0.327 e. The number of hydrogen-bond donors (Lipinski definition) is 1. The van der Waals surface area contributed by atoms with Crippen molar-refractivity contribution in [2.45, 2.75) is 38.1 Å². The van der Waals surface area contributed by atoms with Crippen molar-refractivity contribution in [2.24, 2.45) is 11.7 Å². The molecule has 1 aromatic rings. The molecule has 3 heteroatoms. The minimum atomic E-state index is -0.518. The maximum absolute atomic E-state index is 13.3. The lowest BCUT2D eigenvalue weighted by Gasteiger charge is -2.09. The number of rotatable bonds is 5. The molecule has 2 N–H and O–H groups in total. The van der Waals surface area contributed by atoms with Gasteiger partial charge in [0.15, 0.2) is 0 Å². The Morgan fingerprint density at radius 1 is 1.31 bits per heavy atom. The monoisotopic (exact) mass is 225 g/mol. The topological polar surface area (TPSA) is 26.0 Å². The van der Waals surface area contributed by atoms with E-state index in [1.807, 2.05) is 0 Å². The van der Waals surface area contributed by atoms with Crippen LogP contribution < -0.4 is 5.73 Å². The Hall–Kier alpha value is -0.960. The molecule has 0 amide bonds. The van der Waals surface area contributed by atoms with Crippen molar-refractivity contribution in [3.63, 3.8) is 0 Å². The van der Waals surface area contributed by atoms with Crippen molar-refractivity contribution in [1.82, 2.24) is 0 Å². The van der Waals surface area contributed by atoms with E-state index in [9.17, 15) is 8.78 Å². The van der Waals surface area contributed by atoms with Gasteiger partial charge < -0.3 is 5.73 Å². The van der Waals surface area contributed by atoms with Crippen LogP contribution in [0, 0.1) is 17.6 Å². The van der Waals surface area contributed by atoms with E-state index in [0.29, 0.717) is 17.9 Å². The quantitative estimate of drug-likeness (QED) is 0.819. The van der Waals surface area contributed by atoms with Gasteiger partial charge in [0.05, 0.1) is 0 Å². The van der Waals surface area contributed by atoms with Crippen LogP contribution in [0.1, 0.15) is 31.2 Å². The van der Waals surface area contributed by atoms with Crippen molar-refractivity contribution in [2.75, 3.05) is 0 Å². The first-order chi connectivity index (χ1) is 7.66. The molecule has 1 aliphatic carbocycles. The van der Waals surface area contributed by atoms with Crippen LogP contribution in [0.15, 0.2) is 18.2 Å². The van der Waals surface area contributed by atoms with E-state index in [-0.39, 0.29) is 6.04 Å². The summed E-state index contributed by atoms with van der Waals surface area (Å²) >= 11 is 0. The number of nitrogens with two attached hydrogens (primary N) is 1. The highest BCUT2D eigenvalue weighted by atomic mass is 19.1. The number of aryl methyl sites for hydroxylation is 1. The highest BCUT2D eigenvalue weighted by molar-refractivity contribution is 5.18. The molecule has 0 aromatic heterocycles. The fourth-order valence-electron chi connectivity index (χ4n) is 2.01. The highest BCUT2D eigenvalue weighted by Crippen LogP contribution is 2.33. The van der Waals surface area contributed by atoms with Gasteiger partial charge in [-0.05, 0) is 49.7 Å². The number of benzene rings is 1. The van der Waals surface area contributed by atoms with Crippen LogP contribution in [0.4, 0.5) is 8.78 Å². The summed E-state index contributed by atoms with van der Waals surface area (Å²) < 4.78 is 25.9. The summed E-state index contributed by atoms with van der Waals surface area (Å²) in [5.41, 5.74) is 6.54. The second-order valence-corrected chi connectivity index (χ2v) is 4.63. The Morgan fingerprint density at radius 3 is 2.69 bits per heavy atom. The maximum Gasteiger partial charge on any atom is 0.129 e. The van der Waals surface area contributed by atoms with Gasteiger partial charge in [0.1, 0.15) is 11.6 Å². The van der Waals surface area contributed by atoms with Gasteiger partial charge in [0, 0.05) is 12.1 Å². The van der Waals surface area contributed by atoms with Crippen LogP contribution >= 0.6 is 0 Å². The normalized spacial score (nSPS) is 17.4. The molecular formula is C13H17F2N. The first-order valence-electron chi connectivity index (χ1n) is 5.86. The fraction of sp³-hybridized carbons (Fsp3) is 0.538. The predicted molar refractivity (Wildman–Crippen MR) is 60.0 cm³/mol. The molecule has 0 heterocycles. The van der Waals surface area contributed by atoms with E-state index in [1.165, 1.54) is 25.0 Å². The predicted octanol–water partition coefficient (Wildman–Crippen LogP) is 3.02. The average Bonchev–Trinajstić information content (AvgIpc) is 3.04. The van der Waals surface area contributed by atoms with Crippen molar-refractivity contribution >= 4 is 0 Å². The molecule has 0 aliphatic heterocycles. The third-order valence-electron chi connectivity index (χ3n) is 3.23. The van der Waals surface area contributed by atoms with Crippen LogP contribution in [0.2, 0.25) is 0 Å². The van der Waals surface area contributed by atoms with Crippen molar-refractivity contribution < 1.29 is 8.78 Å². The van der Waals surface area contributed by atoms with Gasteiger partial charge in [-0.1, -0.05) is 6.07 Å². The number of hydrogen-bond acceptors (Lipinski definition) is 1. The summed E-state index contributed by atoms with van der Waals surface area (Å²) in [6.45, 7) is 0. The molecule has 1 aliphatic rings. The molecule has 2 rings (SSSR count). The fourth-order valence-corrected chi connectivity index (χ4v) is 2.01. The second kappa shape index (κ2) is 4.91. The second-order valence-electron chi connectivity index (χ2n) is 4.63. The molecule has 1 nitrogen and oxygen atoms in total. The minimum absolute atomic E-state index is 0.267. The lowest BCUT2D eigenvalue weighted by atomic mass is 10.0. The summed E-state index contributed by atoms with van der Waals surface area (Å²) in [7, 11) is 0. The van der Waals surface area contributed by atoms with E-state index in [1.54, 1.807) is 0 Å². The molecule has 1 fully saturated rings. The Bertz CT molecular complexity index is 361. The van der Waals surface area contributed by atoms with Gasteiger partial charge >= 0.3 is 0 Å². The summed E-state index contributed by atoms with van der Waals surface area (Å²) in [6.07, 6.45) is 4.94. The van der Waals surface area contributed by atoms with Gasteiger partial charge in [-0.25, -0.2) is 8.78 Å². The summed E-state index contributed by atoms with van der Waals surface area (Å²) in [4.78, 5) is 0. The van der Waals surface area contributed by atoms with Crippen LogP contribution in [0.5, 0.6) is 0 Å². The lowest BCUT2D eigenvalue weighted by molar-refractivity contribution is 0.519. The Kier molecular flexibility index (Phi) is 3.54. The zero-order valence-corrected chi connectivity index (χ0v) is 9.26. The Labute approximate surface area is 94.7 Å². The largest absolute Gasteiger partial charge is 0.327 e. The SMILES string of the molecule is NC(CCCc1ccc(F)cc1F)C1CC1. The van der Waals surface area contributed by atoms with E-state index < -0.39 is 11.6 Å². The molecule has 1 atom stereocenters. The van der Waals surface area contributed by atoms with Gasteiger partial charge in [0.2, 0.25) is 0 Å². The van der Waals surface area contributed by atoms with E-state index in [0.717, 1.165) is 18.9 Å². The molecule has 0 saturated heterocycles. The van der Waals surface area contributed by atoms with E-state index in [4.69, 9.17) is 5.73 Å². The first kappa shape index (κ1) is 11.5. The average molecular weight is 225 g/mol. The summed E-state index contributed by atoms with van der Waals surface area (Å²) in [5, 5.41) is 0. The van der Waals surface area contributed by atoms with Gasteiger partial charge in [0.25, 0.3) is 0 Å². The Morgan fingerprint density at radius 2 is 2.06 bits per heavy atom. The smallest absolute Gasteiger partial charge is 0.129 e. The summed E-state index contributed by atoms with van der Waals surface area (Å²) in [5.74, 6) is -0.269. The van der Waals surface area contributed by atoms with Crippen LogP contribution in [-0.2, 0) is 6.42 Å². The van der Waals surface area contributed by atoms with E-state index >= 15 is 0 Å². The highest BCUT2D eigenvalue weighted by Gasteiger charge is 2.27. The van der Waals surface area contributed by atoms with Crippen LogP contribution in [-0.4, -0.2) is 6.04 Å². The third-order valence-corrected chi connectivity index (χ3v) is 3.23. The molecule has 1 unspecified atom stereocenters. The third kappa shape index (κ3) is 3.01. The summed E-state index contributed by atoms with van der Waals surface area (Å²) in [6, 6.07) is 4.03. The molecular weight excluding hydrogens is 208 g/mol. The maximum atomic E-state index is 13.3. The molecule has 1 saturated carbocycles. The zero-order chi connectivity index (χ0) is 11.5. The van der Waals surface area contributed by atoms with Gasteiger partial charge in [-0.3, -0.25) is 0 Å². The van der Waals surface area contributed by atoms with Crippen molar-refractivity contribution in [3.05, 3.63) is 35.4 Å². The molecule has 0 bridgehead atoms. The first-order valence-corrected chi connectivity index (χ1v) is 5.86. The van der Waals surface area contributed by atoms with E-state index in [2.05, 4.69) is 0 Å². The zero-order valence-electron chi connectivity index (χ0n) is 9.26. The Balaban J connectivity index is 1.80. The lowest BCUT2D eigenvalue weighted by Crippen LogP contribution is -2.22. The van der Waals surface area contributed by atoms with Crippen molar-refractivity contribution in [3.8, 4) is 0 Å². The standard InChI is InChI=1S/C13H17F2N/c14-11-7-6-9(12(15)8-11)2-1-3-13(16)10-4-5-10/h6-8,10,13H,1-5,16H2. The van der Waals surface area contributed by atoms with Crippen LogP contribution in [0.25, 0.3) is 0 Å². The van der Waals surface area contributed by atoms with Gasteiger partial charge in [-0.2, -0.15) is 0 Å². The molecule has 88 valence electrons. The van der Waals surface area contributed by atoms with Crippen molar-refractivity contribution in [1.29, 1.82) is 0 Å². The molecule has 0 radical (unpaired) electrons. The van der Waals surface area contributed by atoms with Gasteiger partial charge in [-0.15, -0.1) is 0 Å². The molecule has 1 aromatic carbocycles. The van der Waals surface area contributed by atoms with Crippen LogP contribution in [0.3, 0.4) is 0 Å².